The topological polar surface area (TPSA) is 87.9 Å². The minimum atomic E-state index is -0.448. The first-order valence-corrected chi connectivity index (χ1v) is 8.16. The number of primary amides is 1. The van der Waals surface area contributed by atoms with E-state index in [1.807, 2.05) is 30.3 Å². The lowest BCUT2D eigenvalue weighted by atomic mass is 9.88. The monoisotopic (exact) mass is 357 g/mol. The van der Waals surface area contributed by atoms with Crippen LogP contribution in [0.4, 0.5) is 0 Å². The van der Waals surface area contributed by atoms with Gasteiger partial charge in [0, 0.05) is 18.4 Å². The van der Waals surface area contributed by atoms with Gasteiger partial charge in [0.2, 0.25) is 11.7 Å². The van der Waals surface area contributed by atoms with E-state index < -0.39 is 5.91 Å². The summed E-state index contributed by atoms with van der Waals surface area (Å²) in [4.78, 5) is 24.3. The van der Waals surface area contributed by atoms with Crippen LogP contribution in [0, 0.1) is 0 Å². The van der Waals surface area contributed by atoms with Crippen LogP contribution >= 0.6 is 0 Å². The molecular weight excluding hydrogens is 334 g/mol. The average molecular weight is 357 g/mol. The third-order valence-corrected chi connectivity index (χ3v) is 4.14. The summed E-state index contributed by atoms with van der Waals surface area (Å²) in [5.74, 6) is 0.349. The van der Waals surface area contributed by atoms with E-state index >= 15 is 0 Å². The highest BCUT2D eigenvalue weighted by atomic mass is 16.5. The lowest BCUT2D eigenvalue weighted by Gasteiger charge is -2.17. The van der Waals surface area contributed by atoms with Crippen LogP contribution in [0.2, 0.25) is 0 Å². The van der Waals surface area contributed by atoms with E-state index in [2.05, 4.69) is 0 Å². The van der Waals surface area contributed by atoms with Gasteiger partial charge in [0.1, 0.15) is 0 Å². The Morgan fingerprint density at radius 1 is 0.923 bits per heavy atom. The molecule has 0 radical (unpaired) electrons. The number of nitrogens with two attached hydrogens (primary N) is 1. The molecule has 2 aromatic carbocycles. The highest BCUT2D eigenvalue weighted by Crippen LogP contribution is 2.39. The Hall–Kier alpha value is -3.02. The predicted molar refractivity (Wildman–Crippen MR) is 98.0 cm³/mol. The SMILES string of the molecule is COc1cc(C(=O)CC(CC(N)=O)c2ccccc2)cc(OC)c1OC. The Labute approximate surface area is 152 Å². The molecule has 2 rings (SSSR count). The molecule has 6 nitrogen and oxygen atoms in total. The van der Waals surface area contributed by atoms with E-state index in [0.717, 1.165) is 5.56 Å². The molecule has 0 aliphatic heterocycles. The number of benzene rings is 2. The maximum absolute atomic E-state index is 12.8. The molecule has 1 unspecified atom stereocenters. The van der Waals surface area contributed by atoms with E-state index in [1.54, 1.807) is 12.1 Å². The summed E-state index contributed by atoms with van der Waals surface area (Å²) < 4.78 is 15.9. The highest BCUT2D eigenvalue weighted by molar-refractivity contribution is 5.98. The normalized spacial score (nSPS) is 11.5. The van der Waals surface area contributed by atoms with Crippen LogP contribution < -0.4 is 19.9 Å². The number of rotatable bonds is 9. The van der Waals surface area contributed by atoms with E-state index in [4.69, 9.17) is 19.9 Å². The van der Waals surface area contributed by atoms with Crippen LogP contribution in [0.25, 0.3) is 0 Å². The van der Waals surface area contributed by atoms with E-state index in [9.17, 15) is 9.59 Å². The largest absolute Gasteiger partial charge is 0.493 e. The molecule has 0 aliphatic rings. The number of hydrogen-bond acceptors (Lipinski definition) is 5. The number of Topliss-reactive ketones (excluding diaryl/α,β-unsaturated/α-hetero) is 1. The molecule has 0 aromatic heterocycles. The van der Waals surface area contributed by atoms with Crippen LogP contribution in [0.5, 0.6) is 17.2 Å². The summed E-state index contributed by atoms with van der Waals surface area (Å²) in [6.07, 6.45) is 0.242. The molecule has 2 N–H and O–H groups in total. The Balaban J connectivity index is 2.33. The minimum absolute atomic E-state index is 0.0974. The van der Waals surface area contributed by atoms with Gasteiger partial charge < -0.3 is 19.9 Å². The molecule has 0 saturated heterocycles. The summed E-state index contributed by atoms with van der Waals surface area (Å²) in [5.41, 5.74) is 6.68. The number of ether oxygens (including phenoxy) is 3. The van der Waals surface area contributed by atoms with Crippen molar-refractivity contribution in [2.45, 2.75) is 18.8 Å². The molecular formula is C20H23NO5. The third-order valence-electron chi connectivity index (χ3n) is 4.14. The zero-order valence-electron chi connectivity index (χ0n) is 15.2. The fourth-order valence-corrected chi connectivity index (χ4v) is 2.86. The Morgan fingerprint density at radius 3 is 1.96 bits per heavy atom. The first-order chi connectivity index (χ1) is 12.5. The van der Waals surface area contributed by atoms with Crippen LogP contribution in [0.1, 0.15) is 34.7 Å². The fraction of sp³-hybridized carbons (Fsp3) is 0.300. The van der Waals surface area contributed by atoms with Crippen molar-refractivity contribution in [2.24, 2.45) is 5.73 Å². The standard InChI is InChI=1S/C20H23NO5/c1-24-17-10-15(11-18(25-2)20(17)26-3)16(22)9-14(12-19(21)23)13-7-5-4-6-8-13/h4-8,10-11,14H,9,12H2,1-3H3,(H2,21,23). The second-order valence-corrected chi connectivity index (χ2v) is 5.82. The van der Waals surface area contributed by atoms with Gasteiger partial charge in [-0.15, -0.1) is 0 Å². The van der Waals surface area contributed by atoms with Crippen molar-refractivity contribution in [3.05, 3.63) is 53.6 Å². The zero-order valence-corrected chi connectivity index (χ0v) is 15.2. The predicted octanol–water partition coefficient (Wildman–Crippen LogP) is 2.94. The molecule has 1 atom stereocenters. The molecule has 0 bridgehead atoms. The molecule has 26 heavy (non-hydrogen) atoms. The lowest BCUT2D eigenvalue weighted by molar-refractivity contribution is -0.118. The van der Waals surface area contributed by atoms with Gasteiger partial charge in [0.05, 0.1) is 21.3 Å². The van der Waals surface area contributed by atoms with Crippen molar-refractivity contribution < 1.29 is 23.8 Å². The summed E-state index contributed by atoms with van der Waals surface area (Å²) >= 11 is 0. The maximum Gasteiger partial charge on any atom is 0.218 e. The van der Waals surface area contributed by atoms with Gasteiger partial charge in [0.25, 0.3) is 0 Å². The van der Waals surface area contributed by atoms with Gasteiger partial charge in [-0.1, -0.05) is 30.3 Å². The molecule has 1 amide bonds. The van der Waals surface area contributed by atoms with Crippen LogP contribution in [0.3, 0.4) is 0 Å². The van der Waals surface area contributed by atoms with Crippen LogP contribution in [0.15, 0.2) is 42.5 Å². The Kier molecular flexibility index (Phi) is 6.60. The zero-order chi connectivity index (χ0) is 19.1. The Morgan fingerprint density at radius 2 is 1.50 bits per heavy atom. The second kappa shape index (κ2) is 8.89. The van der Waals surface area contributed by atoms with Gasteiger partial charge in [-0.05, 0) is 23.6 Å². The summed E-state index contributed by atoms with van der Waals surface area (Å²) in [7, 11) is 4.48. The highest BCUT2D eigenvalue weighted by Gasteiger charge is 2.22. The number of amides is 1. The smallest absolute Gasteiger partial charge is 0.218 e. The van der Waals surface area contributed by atoms with E-state index in [-0.39, 0.29) is 24.5 Å². The summed E-state index contributed by atoms with van der Waals surface area (Å²) in [5, 5.41) is 0. The molecule has 0 aliphatic carbocycles. The van der Waals surface area contributed by atoms with Gasteiger partial charge >= 0.3 is 0 Å². The summed E-state index contributed by atoms with van der Waals surface area (Å²) in [6, 6.07) is 12.6. The van der Waals surface area contributed by atoms with Gasteiger partial charge in [0.15, 0.2) is 17.3 Å². The number of methoxy groups -OCH3 is 3. The molecule has 138 valence electrons. The first-order valence-electron chi connectivity index (χ1n) is 8.16. The van der Waals surface area contributed by atoms with E-state index in [1.165, 1.54) is 21.3 Å². The van der Waals surface area contributed by atoms with E-state index in [0.29, 0.717) is 22.8 Å². The number of ketones is 1. The molecule has 0 spiro atoms. The molecule has 0 fully saturated rings. The van der Waals surface area contributed by atoms with Crippen LogP contribution in [-0.2, 0) is 4.79 Å². The molecule has 0 saturated carbocycles. The maximum atomic E-state index is 12.8. The van der Waals surface area contributed by atoms with Gasteiger partial charge in [-0.2, -0.15) is 0 Å². The quantitative estimate of drug-likeness (QED) is 0.697. The fourth-order valence-electron chi connectivity index (χ4n) is 2.86. The number of hydrogen-bond donors (Lipinski definition) is 1. The van der Waals surface area contributed by atoms with Gasteiger partial charge in [-0.3, -0.25) is 9.59 Å². The minimum Gasteiger partial charge on any atom is -0.493 e. The van der Waals surface area contributed by atoms with Crippen LogP contribution in [-0.4, -0.2) is 33.0 Å². The second-order valence-electron chi connectivity index (χ2n) is 5.82. The van der Waals surface area contributed by atoms with Crippen molar-refractivity contribution in [1.82, 2.24) is 0 Å². The molecule has 6 heteroatoms. The van der Waals surface area contributed by atoms with Crippen molar-refractivity contribution in [3.8, 4) is 17.2 Å². The lowest BCUT2D eigenvalue weighted by Crippen LogP contribution is -2.18. The third kappa shape index (κ3) is 4.53. The summed E-state index contributed by atoms with van der Waals surface area (Å²) in [6.45, 7) is 0. The van der Waals surface area contributed by atoms with Gasteiger partial charge in [-0.25, -0.2) is 0 Å². The number of carbonyl (C=O) groups excluding carboxylic acids is 2. The van der Waals surface area contributed by atoms with Crippen molar-refractivity contribution >= 4 is 11.7 Å². The molecule has 2 aromatic rings. The first kappa shape index (κ1) is 19.3. The Bertz CT molecular complexity index is 748. The van der Waals surface area contributed by atoms with Crippen molar-refractivity contribution in [2.75, 3.05) is 21.3 Å². The number of carbonyl (C=O) groups is 2. The molecule has 0 heterocycles. The van der Waals surface area contributed by atoms with Crippen molar-refractivity contribution in [1.29, 1.82) is 0 Å². The average Bonchev–Trinajstić information content (AvgIpc) is 2.66. The van der Waals surface area contributed by atoms with Crippen molar-refractivity contribution in [3.63, 3.8) is 0 Å².